The van der Waals surface area contributed by atoms with E-state index >= 15 is 0 Å². The molecule has 140 valence electrons. The fraction of sp³-hybridized carbons (Fsp3) is 0.267. The average Bonchev–Trinajstić information content (AvgIpc) is 3.30. The van der Waals surface area contributed by atoms with Gasteiger partial charge < -0.3 is 9.88 Å². The highest BCUT2D eigenvalue weighted by molar-refractivity contribution is 7.93. The van der Waals surface area contributed by atoms with E-state index in [9.17, 15) is 13.2 Å². The van der Waals surface area contributed by atoms with Gasteiger partial charge >= 0.3 is 0 Å². The smallest absolute Gasteiger partial charge is 0.263 e. The monoisotopic (exact) mass is 405 g/mol. The third-order valence-electron chi connectivity index (χ3n) is 4.13. The molecular formula is C15H15N7O3S2. The lowest BCUT2D eigenvalue weighted by Gasteiger charge is -2.21. The number of rotatable bonds is 5. The zero-order valence-electron chi connectivity index (χ0n) is 13.9. The van der Waals surface area contributed by atoms with Crippen LogP contribution in [0.3, 0.4) is 0 Å². The highest BCUT2D eigenvalue weighted by Crippen LogP contribution is 2.25. The quantitative estimate of drug-likeness (QED) is 0.650. The molecule has 0 bridgehead atoms. The molecule has 4 rings (SSSR count). The van der Waals surface area contributed by atoms with Crippen molar-refractivity contribution in [2.75, 3.05) is 10.0 Å². The first-order valence-corrected chi connectivity index (χ1v) is 10.4. The highest BCUT2D eigenvalue weighted by Gasteiger charge is 2.26. The zero-order valence-corrected chi connectivity index (χ0v) is 15.6. The summed E-state index contributed by atoms with van der Waals surface area (Å²) in [4.78, 5) is 12.6. The molecule has 27 heavy (non-hydrogen) atoms. The Bertz CT molecular complexity index is 1060. The van der Waals surface area contributed by atoms with E-state index in [-0.39, 0.29) is 27.0 Å². The van der Waals surface area contributed by atoms with E-state index in [1.165, 1.54) is 12.1 Å². The number of anilines is 2. The second-order valence-electron chi connectivity index (χ2n) is 5.96. The van der Waals surface area contributed by atoms with Gasteiger partial charge in [-0.3, -0.25) is 9.52 Å². The van der Waals surface area contributed by atoms with Crippen LogP contribution in [0.2, 0.25) is 0 Å². The summed E-state index contributed by atoms with van der Waals surface area (Å²) in [5, 5.41) is 18.5. The van der Waals surface area contributed by atoms with Crippen molar-refractivity contribution in [1.82, 2.24) is 25.0 Å². The standard InChI is InChI=1S/C15H15N7O3S2/c23-13(10-6-7-12-18-16-9-22(12)8-10)17-14-19-20-15(26-14)21-27(24,25)11-4-2-1-3-5-11/h1-5,9-10H,6-8H2,(H,20,21)(H,17,19,23). The van der Waals surface area contributed by atoms with Crippen molar-refractivity contribution in [1.29, 1.82) is 0 Å². The van der Waals surface area contributed by atoms with Crippen LogP contribution in [0.5, 0.6) is 0 Å². The molecule has 1 atom stereocenters. The van der Waals surface area contributed by atoms with Crippen molar-refractivity contribution >= 4 is 37.5 Å². The maximum atomic E-state index is 12.5. The maximum absolute atomic E-state index is 12.5. The molecule has 3 heterocycles. The number of carbonyl (C=O) groups is 1. The second-order valence-corrected chi connectivity index (χ2v) is 8.62. The number of fused-ring (bicyclic) bond motifs is 1. The van der Waals surface area contributed by atoms with E-state index in [1.807, 2.05) is 4.57 Å². The molecule has 1 amide bonds. The number of aromatic nitrogens is 5. The minimum atomic E-state index is -3.75. The first-order valence-electron chi connectivity index (χ1n) is 8.10. The van der Waals surface area contributed by atoms with E-state index in [1.54, 1.807) is 24.5 Å². The van der Waals surface area contributed by atoms with E-state index in [0.717, 1.165) is 17.2 Å². The van der Waals surface area contributed by atoms with Gasteiger partial charge in [-0.15, -0.1) is 20.4 Å². The summed E-state index contributed by atoms with van der Waals surface area (Å²) in [5.41, 5.74) is 0. The van der Waals surface area contributed by atoms with Crippen molar-refractivity contribution in [2.24, 2.45) is 5.92 Å². The van der Waals surface area contributed by atoms with Crippen LogP contribution >= 0.6 is 11.3 Å². The van der Waals surface area contributed by atoms with Crippen molar-refractivity contribution in [3.63, 3.8) is 0 Å². The van der Waals surface area contributed by atoms with Crippen LogP contribution in [0.1, 0.15) is 12.2 Å². The van der Waals surface area contributed by atoms with Crippen molar-refractivity contribution < 1.29 is 13.2 Å². The van der Waals surface area contributed by atoms with Gasteiger partial charge in [0.15, 0.2) is 0 Å². The Labute approximate surface area is 158 Å². The summed E-state index contributed by atoms with van der Waals surface area (Å²) >= 11 is 0.958. The van der Waals surface area contributed by atoms with Crippen LogP contribution in [0.4, 0.5) is 10.3 Å². The summed E-state index contributed by atoms with van der Waals surface area (Å²) in [6.07, 6.45) is 2.95. The van der Waals surface area contributed by atoms with Crippen LogP contribution in [0.15, 0.2) is 41.6 Å². The molecular weight excluding hydrogens is 390 g/mol. The molecule has 1 unspecified atom stereocenters. The first kappa shape index (κ1) is 17.5. The predicted octanol–water partition coefficient (Wildman–Crippen LogP) is 1.13. The topological polar surface area (TPSA) is 132 Å². The molecule has 2 aromatic heterocycles. The third-order valence-corrected chi connectivity index (χ3v) is 6.37. The molecule has 0 saturated heterocycles. The molecule has 2 N–H and O–H groups in total. The molecule has 1 aliphatic heterocycles. The Hall–Kier alpha value is -2.86. The minimum Gasteiger partial charge on any atom is -0.317 e. The van der Waals surface area contributed by atoms with Crippen LogP contribution in [-0.2, 0) is 27.8 Å². The van der Waals surface area contributed by atoms with E-state index in [4.69, 9.17) is 0 Å². The minimum absolute atomic E-state index is 0.0823. The van der Waals surface area contributed by atoms with Crippen LogP contribution < -0.4 is 10.0 Å². The average molecular weight is 405 g/mol. The van der Waals surface area contributed by atoms with Crippen LogP contribution in [0.25, 0.3) is 0 Å². The number of hydrogen-bond acceptors (Lipinski definition) is 8. The van der Waals surface area contributed by atoms with Gasteiger partial charge in [0.1, 0.15) is 12.2 Å². The predicted molar refractivity (Wildman–Crippen MR) is 97.6 cm³/mol. The Morgan fingerprint density at radius 2 is 1.93 bits per heavy atom. The third kappa shape index (κ3) is 3.80. The van der Waals surface area contributed by atoms with Crippen molar-refractivity contribution in [3.8, 4) is 0 Å². The van der Waals surface area contributed by atoms with Crippen LogP contribution in [0, 0.1) is 5.92 Å². The van der Waals surface area contributed by atoms with E-state index in [0.29, 0.717) is 19.4 Å². The van der Waals surface area contributed by atoms with Gasteiger partial charge in [-0.2, -0.15) is 0 Å². The van der Waals surface area contributed by atoms with Crippen molar-refractivity contribution in [3.05, 3.63) is 42.5 Å². The van der Waals surface area contributed by atoms with E-state index in [2.05, 4.69) is 30.4 Å². The lowest BCUT2D eigenvalue weighted by molar-refractivity contribution is -0.120. The van der Waals surface area contributed by atoms with Gasteiger partial charge in [0.05, 0.1) is 10.8 Å². The lowest BCUT2D eigenvalue weighted by atomic mass is 9.99. The van der Waals surface area contributed by atoms with Gasteiger partial charge in [-0.05, 0) is 18.6 Å². The number of aryl methyl sites for hydroxylation is 1. The molecule has 1 aromatic carbocycles. The Balaban J connectivity index is 1.40. The molecule has 0 radical (unpaired) electrons. The summed E-state index contributed by atoms with van der Waals surface area (Å²) in [7, 11) is -3.75. The first-order chi connectivity index (χ1) is 13.0. The van der Waals surface area contributed by atoms with Gasteiger partial charge in [0.25, 0.3) is 10.0 Å². The number of carbonyl (C=O) groups excluding carboxylic acids is 1. The normalized spacial score (nSPS) is 16.5. The van der Waals surface area contributed by atoms with E-state index < -0.39 is 10.0 Å². The van der Waals surface area contributed by atoms with Gasteiger partial charge in [0, 0.05) is 13.0 Å². The second kappa shape index (κ2) is 7.04. The Morgan fingerprint density at radius 1 is 1.15 bits per heavy atom. The van der Waals surface area contributed by atoms with Crippen LogP contribution in [-0.4, -0.2) is 39.3 Å². The molecule has 0 aliphatic carbocycles. The maximum Gasteiger partial charge on any atom is 0.263 e. The fourth-order valence-corrected chi connectivity index (χ4v) is 4.66. The largest absolute Gasteiger partial charge is 0.317 e. The number of nitrogens with one attached hydrogen (secondary N) is 2. The lowest BCUT2D eigenvalue weighted by Crippen LogP contribution is -2.31. The summed E-state index contributed by atoms with van der Waals surface area (Å²) in [6, 6.07) is 7.95. The van der Waals surface area contributed by atoms with Crippen molar-refractivity contribution in [2.45, 2.75) is 24.3 Å². The summed E-state index contributed by atoms with van der Waals surface area (Å²) in [6.45, 7) is 0.500. The fourth-order valence-electron chi connectivity index (χ4n) is 2.77. The SMILES string of the molecule is O=C(Nc1nnc(NS(=O)(=O)c2ccccc2)s1)C1CCc2nncn2C1. The number of benzene rings is 1. The molecule has 0 spiro atoms. The van der Waals surface area contributed by atoms with Gasteiger partial charge in [-0.1, -0.05) is 29.5 Å². The molecule has 0 saturated carbocycles. The molecule has 1 aliphatic rings. The zero-order chi connectivity index (χ0) is 18.9. The van der Waals surface area contributed by atoms with Gasteiger partial charge in [0.2, 0.25) is 16.2 Å². The molecule has 0 fully saturated rings. The Morgan fingerprint density at radius 3 is 2.74 bits per heavy atom. The number of amides is 1. The molecule has 10 nitrogen and oxygen atoms in total. The van der Waals surface area contributed by atoms with Gasteiger partial charge in [-0.25, -0.2) is 8.42 Å². The molecule has 3 aromatic rings. The summed E-state index contributed by atoms with van der Waals surface area (Å²) < 4.78 is 28.8. The number of hydrogen-bond donors (Lipinski definition) is 2. The number of sulfonamides is 1. The highest BCUT2D eigenvalue weighted by atomic mass is 32.2. The number of nitrogens with zero attached hydrogens (tertiary/aromatic N) is 5. The summed E-state index contributed by atoms with van der Waals surface area (Å²) in [5.74, 6) is 0.442. The molecule has 12 heteroatoms. The Kier molecular flexibility index (Phi) is 4.58.